The maximum atomic E-state index is 8.56. The van der Waals surface area contributed by atoms with Crippen molar-refractivity contribution in [2.75, 3.05) is 0 Å². The number of hydrogen-bond donors (Lipinski definition) is 20. The maximum Gasteiger partial charge on any atom is 2.00 e. The first kappa shape index (κ1) is 96.7. The average molecular weight is 831 g/mol. The monoisotopic (exact) mass is 830 g/mol. The molecule has 0 amide bonds. The predicted molar refractivity (Wildman–Crippen MR) is 146 cm³/mol. The van der Waals surface area contributed by atoms with Crippen LogP contribution < -0.4 is 0 Å². The summed E-state index contributed by atoms with van der Waals surface area (Å²) in [5.41, 5.74) is 0. The quantitative estimate of drug-likeness (QED) is 0.154. The zero-order valence-electron chi connectivity index (χ0n) is 31.6. The molecule has 0 atom stereocenters. The minimum absolute atomic E-state index is 0. The van der Waals surface area contributed by atoms with Crippen molar-refractivity contribution in [3.8, 4) is 0 Å². The normalized spacial score (nSPS) is 5.33. The number of carbonyl (C=O) groups is 10. The van der Waals surface area contributed by atoms with Gasteiger partial charge in [0.25, 0.3) is 0 Å². The summed E-state index contributed by atoms with van der Waals surface area (Å²) >= 11 is 0. The van der Waals surface area contributed by atoms with Crippen molar-refractivity contribution in [2.45, 2.75) is 0 Å². The van der Waals surface area contributed by atoms with Gasteiger partial charge in [-0.1, -0.05) is 0 Å². The van der Waals surface area contributed by atoms with Crippen molar-refractivity contribution in [3.05, 3.63) is 0 Å². The third-order valence-electron chi connectivity index (χ3n) is 0. The first-order valence-corrected chi connectivity index (χ1v) is 6.51. The summed E-state index contributed by atoms with van der Waals surface area (Å²) in [7, 11) is 0. The molecule has 260 valence electrons. The second kappa shape index (κ2) is 90.2. The Kier molecular flexibility index (Phi) is 194. The Morgan fingerprint density at radius 2 is 0.178 bits per heavy atom. The Labute approximate surface area is 408 Å². The predicted octanol–water partition coefficient (Wildman–Crippen LogP) is 1.45. The molecule has 0 saturated carbocycles. The molecular weight excluding hydrogens is 800 g/mol. The van der Waals surface area contributed by atoms with Gasteiger partial charge in [0.1, 0.15) is 0 Å². The van der Waals surface area contributed by atoms with Crippen LogP contribution >= 0.6 is 0 Å². The zero-order chi connectivity index (χ0) is 35.8. The smallest absolute Gasteiger partial charge is 1.00 e. The Bertz CT molecular complexity index is 522. The molecule has 0 aliphatic heterocycles. The molecule has 0 unspecified atom stereocenters. The van der Waals surface area contributed by atoms with Crippen LogP contribution in [-0.2, 0) is 0 Å². The van der Waals surface area contributed by atoms with Gasteiger partial charge in [-0.15, -0.1) is 0 Å². The summed E-state index contributed by atoms with van der Waals surface area (Å²) in [5, 5.41) is 139. The molecule has 20 N–H and O–H groups in total. The van der Waals surface area contributed by atoms with Crippen LogP contribution in [0.5, 0.6) is 0 Å². The Morgan fingerprint density at radius 3 is 0.178 bits per heavy atom. The summed E-state index contributed by atoms with van der Waals surface area (Å²) in [6, 6.07) is 0. The molecule has 0 aliphatic carbocycles. The molecule has 0 fully saturated rings. The molecular formula is C10H30Ca5O30. The molecule has 0 heterocycles. The fourth-order valence-electron chi connectivity index (χ4n) is 0. The van der Waals surface area contributed by atoms with E-state index >= 15 is 0 Å². The first-order valence-electron chi connectivity index (χ1n) is 6.51. The molecule has 0 rings (SSSR count). The van der Waals surface area contributed by atoms with Gasteiger partial charge in [-0.05, 0) is 0 Å². The van der Waals surface area contributed by atoms with Gasteiger partial charge in [-0.3, -0.25) is 0 Å². The summed E-state index contributed by atoms with van der Waals surface area (Å²) in [6.07, 6.45) is -18.3. The third-order valence-corrected chi connectivity index (χ3v) is 0. The molecule has 0 bridgehead atoms. The van der Waals surface area contributed by atoms with Gasteiger partial charge in [0.15, 0.2) is 0 Å². The molecule has 0 aliphatic rings. The second-order valence-corrected chi connectivity index (χ2v) is 2.83. The van der Waals surface area contributed by atoms with Crippen molar-refractivity contribution in [3.63, 3.8) is 0 Å². The largest absolute Gasteiger partial charge is 2.00 e. The van der Waals surface area contributed by atoms with Crippen molar-refractivity contribution in [1.82, 2.24) is 0 Å². The van der Waals surface area contributed by atoms with Crippen LogP contribution in [0.4, 0.5) is 47.9 Å². The molecule has 0 saturated heterocycles. The number of hydrogen-bond acceptors (Lipinski definition) is 10. The van der Waals surface area contributed by atoms with Crippen LogP contribution in [0.2, 0.25) is 0 Å². The van der Waals surface area contributed by atoms with Crippen molar-refractivity contribution < 1.29 is 164 Å². The molecule has 0 aromatic rings. The minimum Gasteiger partial charge on any atom is -1.00 e. The molecule has 0 aromatic carbocycles. The fraction of sp³-hybridized carbons (Fsp3) is 0. The van der Waals surface area contributed by atoms with E-state index in [2.05, 4.69) is 0 Å². The van der Waals surface area contributed by atoms with Crippen molar-refractivity contribution in [2.24, 2.45) is 0 Å². The van der Waals surface area contributed by atoms with Crippen molar-refractivity contribution in [1.29, 1.82) is 0 Å². The maximum absolute atomic E-state index is 8.56. The first-order chi connectivity index (χ1) is 17.3. The van der Waals surface area contributed by atoms with Gasteiger partial charge >= 0.3 is 250 Å². The van der Waals surface area contributed by atoms with Crippen LogP contribution in [0.15, 0.2) is 0 Å². The second-order valence-electron chi connectivity index (χ2n) is 2.83. The zero-order valence-corrected chi connectivity index (χ0v) is 32.6. The SMILES string of the molecule is O=C(O)O.O=C(O)O.O=C(O)O.O=C(O)O.O=C(O)O.O=C(O)O.O=C(O)O.O=C(O)O.O=C(O)O.O=C(O)O.[Ca+2].[Ca+2].[Ca+2].[Ca+2].[Ca+2].[H-].[H-].[H-].[H-].[H-].[H-].[H-].[H-].[H-].[H-]. The van der Waals surface area contributed by atoms with Crippen LogP contribution in [0.25, 0.3) is 0 Å². The molecule has 0 spiro atoms. The summed E-state index contributed by atoms with van der Waals surface area (Å²) in [5.74, 6) is 0. The average Bonchev–Trinajstić information content (AvgIpc) is 2.47. The van der Waals surface area contributed by atoms with E-state index in [1.165, 1.54) is 0 Å². The van der Waals surface area contributed by atoms with Gasteiger partial charge in [-0.2, -0.15) is 0 Å². The fourth-order valence-corrected chi connectivity index (χ4v) is 0. The molecule has 45 heavy (non-hydrogen) atoms. The summed E-state index contributed by atoms with van der Waals surface area (Å²) < 4.78 is 0. The Hall–Kier alpha value is -1.00. The number of rotatable bonds is 0. The van der Waals surface area contributed by atoms with Crippen LogP contribution in [-0.4, -0.2) is 352 Å². The summed E-state index contributed by atoms with van der Waals surface area (Å²) in [6.45, 7) is 0. The number of carboxylic acid groups (broad SMARTS) is 20. The van der Waals surface area contributed by atoms with Crippen LogP contribution in [0.1, 0.15) is 14.3 Å². The molecule has 0 radical (unpaired) electrons. The van der Waals surface area contributed by atoms with Gasteiger partial charge < -0.3 is 116 Å². The van der Waals surface area contributed by atoms with E-state index in [1.807, 2.05) is 0 Å². The standard InChI is InChI=1S/10CH2O3.5Ca.10H/c10*2-1(3)4;;;;;;;;;;;;;;;/h10*(H2,2,3,4);;;;;;;;;;;;;;;/q;;;;;;;;;;5*+2;10*-1. The van der Waals surface area contributed by atoms with E-state index in [1.54, 1.807) is 0 Å². The topological polar surface area (TPSA) is 575 Å². The van der Waals surface area contributed by atoms with E-state index in [9.17, 15) is 0 Å². The minimum atomic E-state index is -1.83. The summed E-state index contributed by atoms with van der Waals surface area (Å²) in [4.78, 5) is 85.6. The molecule has 30 nitrogen and oxygen atoms in total. The Balaban J connectivity index is -0.00000000767. The van der Waals surface area contributed by atoms with E-state index in [0.29, 0.717) is 0 Å². The van der Waals surface area contributed by atoms with Gasteiger partial charge in [0.2, 0.25) is 0 Å². The van der Waals surface area contributed by atoms with Gasteiger partial charge in [0.05, 0.1) is 0 Å². The molecule has 35 heteroatoms. The van der Waals surface area contributed by atoms with Crippen molar-refractivity contribution >= 4 is 250 Å². The van der Waals surface area contributed by atoms with Gasteiger partial charge in [-0.25, -0.2) is 47.9 Å². The van der Waals surface area contributed by atoms with Gasteiger partial charge in [0, 0.05) is 0 Å². The van der Waals surface area contributed by atoms with Crippen LogP contribution in [0, 0.1) is 0 Å². The molecule has 0 aromatic heterocycles. The Morgan fingerprint density at radius 1 is 0.178 bits per heavy atom. The third kappa shape index (κ3) is 72100. The van der Waals surface area contributed by atoms with Crippen LogP contribution in [0.3, 0.4) is 0 Å². The van der Waals surface area contributed by atoms with E-state index in [4.69, 9.17) is 150 Å². The van der Waals surface area contributed by atoms with E-state index in [-0.39, 0.29) is 203 Å². The van der Waals surface area contributed by atoms with E-state index < -0.39 is 61.6 Å². The van der Waals surface area contributed by atoms with E-state index in [0.717, 1.165) is 0 Å².